The van der Waals surface area contributed by atoms with Crippen molar-refractivity contribution in [2.24, 2.45) is 5.73 Å². The average molecular weight is 254 g/mol. The SMILES string of the molecule is Cc1nc(CN2CCNCC2C(N)=O)sc1C. The van der Waals surface area contributed by atoms with Crippen LogP contribution in [0.15, 0.2) is 0 Å². The van der Waals surface area contributed by atoms with Crippen LogP contribution in [0.2, 0.25) is 0 Å². The van der Waals surface area contributed by atoms with Crippen LogP contribution in [0.3, 0.4) is 0 Å². The number of carbonyl (C=O) groups excluding carboxylic acids is 1. The van der Waals surface area contributed by atoms with E-state index in [0.29, 0.717) is 13.1 Å². The third-order valence-corrected chi connectivity index (χ3v) is 4.15. The molecule has 1 unspecified atom stereocenters. The Kier molecular flexibility index (Phi) is 3.76. The van der Waals surface area contributed by atoms with Gasteiger partial charge >= 0.3 is 0 Å². The van der Waals surface area contributed by atoms with Gasteiger partial charge in [-0.15, -0.1) is 11.3 Å². The summed E-state index contributed by atoms with van der Waals surface area (Å²) in [5.74, 6) is -0.262. The smallest absolute Gasteiger partial charge is 0.236 e. The number of amides is 1. The van der Waals surface area contributed by atoms with Crippen molar-refractivity contribution < 1.29 is 4.79 Å². The lowest BCUT2D eigenvalue weighted by Gasteiger charge is -2.33. The van der Waals surface area contributed by atoms with Crippen LogP contribution < -0.4 is 11.1 Å². The topological polar surface area (TPSA) is 71.2 Å². The molecule has 1 aliphatic heterocycles. The molecule has 1 saturated heterocycles. The molecule has 1 fully saturated rings. The second kappa shape index (κ2) is 5.12. The highest BCUT2D eigenvalue weighted by Gasteiger charge is 2.27. The number of hydrogen-bond acceptors (Lipinski definition) is 5. The predicted octanol–water partition coefficient (Wildman–Crippen LogP) is 0.0190. The standard InChI is InChI=1S/C11H18N4OS/c1-7-8(2)17-10(14-7)6-15-4-3-13-5-9(15)11(12)16/h9,13H,3-6H2,1-2H3,(H2,12,16). The first-order chi connectivity index (χ1) is 8.08. The summed E-state index contributed by atoms with van der Waals surface area (Å²) in [7, 11) is 0. The zero-order valence-corrected chi connectivity index (χ0v) is 11.0. The van der Waals surface area contributed by atoms with Crippen molar-refractivity contribution in [2.75, 3.05) is 19.6 Å². The molecule has 3 N–H and O–H groups in total. The van der Waals surface area contributed by atoms with E-state index < -0.39 is 0 Å². The van der Waals surface area contributed by atoms with Crippen LogP contribution in [0, 0.1) is 13.8 Å². The monoisotopic (exact) mass is 254 g/mol. The number of carbonyl (C=O) groups is 1. The van der Waals surface area contributed by atoms with E-state index in [2.05, 4.69) is 22.1 Å². The number of piperazine rings is 1. The molecule has 0 saturated carbocycles. The van der Waals surface area contributed by atoms with Crippen LogP contribution in [0.5, 0.6) is 0 Å². The Morgan fingerprint density at radius 2 is 2.41 bits per heavy atom. The Morgan fingerprint density at radius 1 is 1.65 bits per heavy atom. The van der Waals surface area contributed by atoms with E-state index >= 15 is 0 Å². The maximum Gasteiger partial charge on any atom is 0.236 e. The van der Waals surface area contributed by atoms with Crippen LogP contribution in [0.4, 0.5) is 0 Å². The van der Waals surface area contributed by atoms with Crippen molar-refractivity contribution in [1.82, 2.24) is 15.2 Å². The second-order valence-corrected chi connectivity index (χ2v) is 5.63. The summed E-state index contributed by atoms with van der Waals surface area (Å²) in [5, 5.41) is 4.25. The summed E-state index contributed by atoms with van der Waals surface area (Å²) in [6.07, 6.45) is 0. The summed E-state index contributed by atoms with van der Waals surface area (Å²) < 4.78 is 0. The number of aromatic nitrogens is 1. The molecule has 1 aliphatic rings. The Hall–Kier alpha value is -0.980. The fourth-order valence-electron chi connectivity index (χ4n) is 2.00. The summed E-state index contributed by atoms with van der Waals surface area (Å²) in [6, 6.07) is -0.215. The van der Waals surface area contributed by atoms with E-state index in [4.69, 9.17) is 5.73 Å². The number of nitrogens with two attached hydrogens (primary N) is 1. The number of rotatable bonds is 3. The Balaban J connectivity index is 2.07. The lowest BCUT2D eigenvalue weighted by atomic mass is 10.2. The highest BCUT2D eigenvalue weighted by atomic mass is 32.1. The highest BCUT2D eigenvalue weighted by molar-refractivity contribution is 7.11. The molecule has 1 aromatic heterocycles. The number of thiazole rings is 1. The van der Waals surface area contributed by atoms with Gasteiger partial charge in [0.2, 0.25) is 5.91 Å². The van der Waals surface area contributed by atoms with E-state index in [9.17, 15) is 4.79 Å². The number of aryl methyl sites for hydroxylation is 2. The lowest BCUT2D eigenvalue weighted by Crippen LogP contribution is -2.56. The third kappa shape index (κ3) is 2.83. The normalized spacial score (nSPS) is 21.6. The molecule has 1 aromatic rings. The van der Waals surface area contributed by atoms with Gasteiger partial charge in [0, 0.05) is 24.5 Å². The largest absolute Gasteiger partial charge is 0.368 e. The Bertz CT molecular complexity index is 398. The van der Waals surface area contributed by atoms with Gasteiger partial charge in [-0.1, -0.05) is 0 Å². The van der Waals surface area contributed by atoms with Gasteiger partial charge in [-0.2, -0.15) is 0 Å². The summed E-state index contributed by atoms with van der Waals surface area (Å²) in [6.45, 7) is 7.17. The Labute approximate surface area is 105 Å². The van der Waals surface area contributed by atoms with Gasteiger partial charge in [0.1, 0.15) is 11.0 Å². The average Bonchev–Trinajstić information content (AvgIpc) is 2.58. The van der Waals surface area contributed by atoms with Gasteiger partial charge in [-0.3, -0.25) is 9.69 Å². The summed E-state index contributed by atoms with van der Waals surface area (Å²) in [4.78, 5) is 19.2. The number of hydrogen-bond donors (Lipinski definition) is 2. The molecule has 0 spiro atoms. The van der Waals surface area contributed by atoms with Crippen molar-refractivity contribution in [2.45, 2.75) is 26.4 Å². The fourth-order valence-corrected chi connectivity index (χ4v) is 2.96. The van der Waals surface area contributed by atoms with Gasteiger partial charge in [0.25, 0.3) is 0 Å². The van der Waals surface area contributed by atoms with Gasteiger partial charge in [-0.25, -0.2) is 4.98 Å². The molecular weight excluding hydrogens is 236 g/mol. The van der Waals surface area contributed by atoms with Crippen LogP contribution in [-0.4, -0.2) is 41.5 Å². The first-order valence-electron chi connectivity index (χ1n) is 5.75. The maximum absolute atomic E-state index is 11.4. The minimum Gasteiger partial charge on any atom is -0.368 e. The molecule has 0 radical (unpaired) electrons. The molecule has 6 heteroatoms. The number of nitrogens with zero attached hydrogens (tertiary/aromatic N) is 2. The quantitative estimate of drug-likeness (QED) is 0.797. The molecule has 17 heavy (non-hydrogen) atoms. The number of primary amides is 1. The minimum atomic E-state index is -0.262. The van der Waals surface area contributed by atoms with E-state index in [-0.39, 0.29) is 11.9 Å². The van der Waals surface area contributed by atoms with Crippen LogP contribution in [0.25, 0.3) is 0 Å². The zero-order valence-electron chi connectivity index (χ0n) is 10.2. The highest BCUT2D eigenvalue weighted by Crippen LogP contribution is 2.19. The van der Waals surface area contributed by atoms with Crippen molar-refractivity contribution in [3.05, 3.63) is 15.6 Å². The number of nitrogens with one attached hydrogen (secondary N) is 1. The lowest BCUT2D eigenvalue weighted by molar-refractivity contribution is -0.124. The summed E-state index contributed by atoms with van der Waals surface area (Å²) >= 11 is 1.70. The molecule has 2 rings (SSSR count). The van der Waals surface area contributed by atoms with Crippen molar-refractivity contribution in [3.63, 3.8) is 0 Å². The van der Waals surface area contributed by atoms with Gasteiger partial charge in [-0.05, 0) is 13.8 Å². The van der Waals surface area contributed by atoms with Crippen molar-refractivity contribution in [3.8, 4) is 0 Å². The van der Waals surface area contributed by atoms with E-state index in [0.717, 1.165) is 23.8 Å². The summed E-state index contributed by atoms with van der Waals surface area (Å²) in [5.41, 5.74) is 6.49. The molecule has 1 amide bonds. The van der Waals surface area contributed by atoms with Gasteiger partial charge in [0.05, 0.1) is 12.2 Å². The first kappa shape index (κ1) is 12.5. The van der Waals surface area contributed by atoms with Crippen LogP contribution >= 0.6 is 11.3 Å². The van der Waals surface area contributed by atoms with Crippen LogP contribution in [-0.2, 0) is 11.3 Å². The minimum absolute atomic E-state index is 0.215. The molecule has 94 valence electrons. The zero-order chi connectivity index (χ0) is 12.4. The fraction of sp³-hybridized carbons (Fsp3) is 0.636. The molecule has 2 heterocycles. The second-order valence-electron chi connectivity index (χ2n) is 4.34. The maximum atomic E-state index is 11.4. The predicted molar refractivity (Wildman–Crippen MR) is 67.9 cm³/mol. The van der Waals surface area contributed by atoms with E-state index in [1.54, 1.807) is 11.3 Å². The third-order valence-electron chi connectivity index (χ3n) is 3.09. The van der Waals surface area contributed by atoms with E-state index in [1.807, 2.05) is 6.92 Å². The van der Waals surface area contributed by atoms with Crippen LogP contribution in [0.1, 0.15) is 15.6 Å². The molecule has 0 bridgehead atoms. The first-order valence-corrected chi connectivity index (χ1v) is 6.56. The molecule has 5 nitrogen and oxygen atoms in total. The van der Waals surface area contributed by atoms with Crippen molar-refractivity contribution >= 4 is 17.2 Å². The molecule has 0 aliphatic carbocycles. The van der Waals surface area contributed by atoms with Crippen molar-refractivity contribution in [1.29, 1.82) is 0 Å². The van der Waals surface area contributed by atoms with Gasteiger partial charge < -0.3 is 11.1 Å². The van der Waals surface area contributed by atoms with E-state index in [1.165, 1.54) is 4.88 Å². The molecule has 0 aromatic carbocycles. The molecule has 1 atom stereocenters. The Morgan fingerprint density at radius 3 is 3.00 bits per heavy atom. The molecular formula is C11H18N4OS. The van der Waals surface area contributed by atoms with Gasteiger partial charge in [0.15, 0.2) is 0 Å².